The Balaban J connectivity index is 1.69. The first-order chi connectivity index (χ1) is 14.4. The number of amides is 2. The summed E-state index contributed by atoms with van der Waals surface area (Å²) in [6.07, 6.45) is -0.238. The number of rotatable bonds is 9. The van der Waals surface area contributed by atoms with Gasteiger partial charge in [-0.05, 0) is 43.3 Å². The van der Waals surface area contributed by atoms with E-state index in [1.807, 2.05) is 0 Å². The van der Waals surface area contributed by atoms with E-state index in [0.717, 1.165) is 4.90 Å². The van der Waals surface area contributed by atoms with Crippen molar-refractivity contribution in [1.29, 1.82) is 0 Å². The Bertz CT molecular complexity index is 935. The first kappa shape index (κ1) is 21.0. The zero-order chi connectivity index (χ0) is 21.7. The maximum atomic E-state index is 12.6. The molecule has 0 saturated carbocycles. The molecule has 0 saturated heterocycles. The molecule has 0 aliphatic carbocycles. The van der Waals surface area contributed by atoms with Crippen LogP contribution in [0.15, 0.2) is 48.5 Å². The smallest absolute Gasteiger partial charge is 0.329 e. The molecule has 0 radical (unpaired) electrons. The van der Waals surface area contributed by atoms with Gasteiger partial charge in [0.1, 0.15) is 11.8 Å². The van der Waals surface area contributed by atoms with Crippen LogP contribution >= 0.6 is 0 Å². The van der Waals surface area contributed by atoms with Crippen LogP contribution in [0.2, 0.25) is 0 Å². The topological polar surface area (TPSA) is 102 Å². The van der Waals surface area contributed by atoms with Crippen molar-refractivity contribution in [2.75, 3.05) is 25.6 Å². The zero-order valence-corrected chi connectivity index (χ0v) is 16.7. The number of carbonyl (C=O) groups excluding carboxylic acids is 4. The number of carbonyl (C=O) groups is 4. The first-order valence-corrected chi connectivity index (χ1v) is 9.48. The number of hydrogen-bond donors (Lipinski definition) is 1. The highest BCUT2D eigenvalue weighted by molar-refractivity contribution is 6.22. The summed E-state index contributed by atoms with van der Waals surface area (Å²) in [5.41, 5.74) is 1.14. The van der Waals surface area contributed by atoms with Gasteiger partial charge >= 0.3 is 5.97 Å². The summed E-state index contributed by atoms with van der Waals surface area (Å²) in [5, 5.41) is 2.97. The lowest BCUT2D eigenvalue weighted by atomic mass is 10.1. The van der Waals surface area contributed by atoms with Gasteiger partial charge in [-0.1, -0.05) is 12.1 Å². The van der Waals surface area contributed by atoms with E-state index in [-0.39, 0.29) is 24.2 Å². The minimum atomic E-state index is -0.957. The highest BCUT2D eigenvalue weighted by Crippen LogP contribution is 2.23. The molecular weight excluding hydrogens is 388 g/mol. The Morgan fingerprint density at radius 3 is 2.13 bits per heavy atom. The molecule has 2 aromatic carbocycles. The monoisotopic (exact) mass is 410 g/mol. The predicted octanol–water partition coefficient (Wildman–Crippen LogP) is 2.29. The van der Waals surface area contributed by atoms with E-state index in [9.17, 15) is 19.2 Å². The lowest BCUT2D eigenvalue weighted by Crippen LogP contribution is -2.39. The summed E-state index contributed by atoms with van der Waals surface area (Å²) in [4.78, 5) is 50.8. The number of imide groups is 1. The number of hydrogen-bond acceptors (Lipinski definition) is 7. The largest absolute Gasteiger partial charge is 0.497 e. The molecule has 0 aromatic heterocycles. The molecule has 1 heterocycles. The Morgan fingerprint density at radius 2 is 1.60 bits per heavy atom. The van der Waals surface area contributed by atoms with Gasteiger partial charge in [0.15, 0.2) is 5.78 Å². The van der Waals surface area contributed by atoms with E-state index >= 15 is 0 Å². The minimum absolute atomic E-state index is 0.159. The normalized spacial score (nSPS) is 13.6. The number of Topliss-reactive ketones (excluding diaryl/α,β-unsaturated/α-hetero) is 1. The van der Waals surface area contributed by atoms with Crippen LogP contribution in [-0.4, -0.2) is 54.8 Å². The van der Waals surface area contributed by atoms with Crippen molar-refractivity contribution in [3.05, 3.63) is 59.7 Å². The molecule has 3 rings (SSSR count). The number of fused-ring (bicyclic) bond motifs is 1. The summed E-state index contributed by atoms with van der Waals surface area (Å²) >= 11 is 0. The Kier molecular flexibility index (Phi) is 6.46. The minimum Gasteiger partial charge on any atom is -0.497 e. The van der Waals surface area contributed by atoms with Crippen molar-refractivity contribution in [2.45, 2.75) is 19.4 Å². The SMILES string of the molecule is CCOC(=O)[C@H](CC(=O)CN1C(=O)c2ccccc2C1=O)Nc1ccc(OC)cc1. The van der Waals surface area contributed by atoms with E-state index < -0.39 is 36.2 Å². The van der Waals surface area contributed by atoms with Crippen molar-refractivity contribution in [3.63, 3.8) is 0 Å². The number of esters is 1. The molecule has 0 fully saturated rings. The van der Waals surface area contributed by atoms with Gasteiger partial charge in [0.2, 0.25) is 0 Å². The highest BCUT2D eigenvalue weighted by Gasteiger charge is 2.36. The van der Waals surface area contributed by atoms with Crippen LogP contribution in [0, 0.1) is 0 Å². The lowest BCUT2D eigenvalue weighted by molar-refractivity contribution is -0.145. The molecule has 0 spiro atoms. The van der Waals surface area contributed by atoms with Gasteiger partial charge in [0, 0.05) is 12.1 Å². The number of ketones is 1. The van der Waals surface area contributed by atoms with Crippen LogP contribution < -0.4 is 10.1 Å². The number of anilines is 1. The van der Waals surface area contributed by atoms with Crippen molar-refractivity contribution in [1.82, 2.24) is 4.90 Å². The lowest BCUT2D eigenvalue weighted by Gasteiger charge is -2.19. The molecule has 1 aliphatic rings. The average molecular weight is 410 g/mol. The standard InChI is InChI=1S/C22H22N2O6/c1-3-30-22(28)19(23-14-8-10-16(29-2)11-9-14)12-15(25)13-24-20(26)17-6-4-5-7-18(17)21(24)27/h4-11,19,23H,3,12-13H2,1-2H3/t19-/m0/s1. The Hall–Kier alpha value is -3.68. The van der Waals surface area contributed by atoms with Crippen molar-refractivity contribution >= 4 is 29.3 Å². The van der Waals surface area contributed by atoms with Crippen LogP contribution in [0.4, 0.5) is 5.69 Å². The molecule has 1 N–H and O–H groups in total. The Morgan fingerprint density at radius 1 is 1.00 bits per heavy atom. The fourth-order valence-corrected chi connectivity index (χ4v) is 3.18. The first-order valence-electron chi connectivity index (χ1n) is 9.48. The van der Waals surface area contributed by atoms with Gasteiger partial charge in [0.05, 0.1) is 31.4 Å². The van der Waals surface area contributed by atoms with Crippen LogP contribution in [0.3, 0.4) is 0 Å². The summed E-state index contributed by atoms with van der Waals surface area (Å²) in [6, 6.07) is 12.3. The van der Waals surface area contributed by atoms with Crippen LogP contribution in [0.5, 0.6) is 5.75 Å². The summed E-state index contributed by atoms with van der Waals surface area (Å²) in [6.45, 7) is 1.42. The molecule has 0 bridgehead atoms. The van der Waals surface area contributed by atoms with Crippen molar-refractivity contribution in [3.8, 4) is 5.75 Å². The second-order valence-corrected chi connectivity index (χ2v) is 6.66. The van der Waals surface area contributed by atoms with Gasteiger partial charge < -0.3 is 14.8 Å². The van der Waals surface area contributed by atoms with Gasteiger partial charge in [-0.3, -0.25) is 19.3 Å². The fraction of sp³-hybridized carbons (Fsp3) is 0.273. The number of ether oxygens (including phenoxy) is 2. The zero-order valence-electron chi connectivity index (χ0n) is 16.7. The fourth-order valence-electron chi connectivity index (χ4n) is 3.18. The van der Waals surface area contributed by atoms with E-state index in [1.165, 1.54) is 0 Å². The molecule has 8 nitrogen and oxygen atoms in total. The molecule has 156 valence electrons. The molecular formula is C22H22N2O6. The second-order valence-electron chi connectivity index (χ2n) is 6.66. The predicted molar refractivity (Wildman–Crippen MR) is 108 cm³/mol. The molecule has 8 heteroatoms. The van der Waals surface area contributed by atoms with E-state index in [2.05, 4.69) is 5.32 Å². The van der Waals surface area contributed by atoms with E-state index in [4.69, 9.17) is 9.47 Å². The van der Waals surface area contributed by atoms with Crippen molar-refractivity contribution in [2.24, 2.45) is 0 Å². The van der Waals surface area contributed by atoms with Crippen molar-refractivity contribution < 1.29 is 28.7 Å². The van der Waals surface area contributed by atoms with Crippen LogP contribution in [0.1, 0.15) is 34.1 Å². The molecule has 0 unspecified atom stereocenters. The second kappa shape index (κ2) is 9.21. The third kappa shape index (κ3) is 4.48. The van der Waals surface area contributed by atoms with Crippen LogP contribution in [-0.2, 0) is 14.3 Å². The maximum Gasteiger partial charge on any atom is 0.329 e. The van der Waals surface area contributed by atoms with E-state index in [1.54, 1.807) is 62.6 Å². The molecule has 1 aliphatic heterocycles. The quantitative estimate of drug-likeness (QED) is 0.500. The molecule has 30 heavy (non-hydrogen) atoms. The number of methoxy groups -OCH3 is 1. The van der Waals surface area contributed by atoms with E-state index in [0.29, 0.717) is 11.4 Å². The van der Waals surface area contributed by atoms with Gasteiger partial charge in [-0.25, -0.2) is 4.79 Å². The number of nitrogens with one attached hydrogen (secondary N) is 1. The van der Waals surface area contributed by atoms with Gasteiger partial charge in [-0.15, -0.1) is 0 Å². The third-order valence-corrected chi connectivity index (χ3v) is 4.65. The molecule has 2 aromatic rings. The number of benzene rings is 2. The third-order valence-electron chi connectivity index (χ3n) is 4.65. The number of nitrogens with zero attached hydrogens (tertiary/aromatic N) is 1. The van der Waals surface area contributed by atoms with Gasteiger partial charge in [-0.2, -0.15) is 0 Å². The maximum absolute atomic E-state index is 12.6. The average Bonchev–Trinajstić information content (AvgIpc) is 2.99. The van der Waals surface area contributed by atoms with Crippen LogP contribution in [0.25, 0.3) is 0 Å². The summed E-state index contributed by atoms with van der Waals surface area (Å²) in [7, 11) is 1.54. The summed E-state index contributed by atoms with van der Waals surface area (Å²) < 4.78 is 10.2. The van der Waals surface area contributed by atoms with Gasteiger partial charge in [0.25, 0.3) is 11.8 Å². The summed E-state index contributed by atoms with van der Waals surface area (Å²) in [5.74, 6) is -1.41. The molecule has 2 amide bonds. The molecule has 1 atom stereocenters. The highest BCUT2D eigenvalue weighted by atomic mass is 16.5. The Labute approximate surface area is 173 Å².